The highest BCUT2D eigenvalue weighted by molar-refractivity contribution is 6.29. The van der Waals surface area contributed by atoms with Crippen molar-refractivity contribution in [1.29, 1.82) is 0 Å². The average Bonchev–Trinajstić information content (AvgIpc) is 1.99. The summed E-state index contributed by atoms with van der Waals surface area (Å²) in [5.41, 5.74) is 1.58. The number of aromatic nitrogens is 1. The van der Waals surface area contributed by atoms with E-state index >= 15 is 0 Å². The lowest BCUT2D eigenvalue weighted by molar-refractivity contribution is 0.194. The molecule has 0 radical (unpaired) electrons. The number of rotatable bonds is 2. The molecule has 2 N–H and O–H groups in total. The van der Waals surface area contributed by atoms with Crippen molar-refractivity contribution < 1.29 is 9.90 Å². The zero-order valence-electron chi connectivity index (χ0n) is 7.04. The number of carbonyl (C=O) groups is 1. The molecule has 0 saturated heterocycles. The first-order valence-corrected chi connectivity index (χ1v) is 4.05. The number of carboxylic acid groups (broad SMARTS) is 1. The van der Waals surface area contributed by atoms with E-state index in [1.54, 1.807) is 19.1 Å². The van der Waals surface area contributed by atoms with Gasteiger partial charge in [-0.05, 0) is 24.6 Å². The molecule has 1 aromatic heterocycles. The smallest absolute Gasteiger partial charge is 0.404 e. The molecule has 0 fully saturated rings. The van der Waals surface area contributed by atoms with Crippen LogP contribution in [0.4, 0.5) is 4.79 Å². The van der Waals surface area contributed by atoms with E-state index in [9.17, 15) is 4.79 Å². The number of amides is 1. The van der Waals surface area contributed by atoms with Crippen molar-refractivity contribution in [3.63, 3.8) is 0 Å². The molecule has 0 unspecified atom stereocenters. The quantitative estimate of drug-likeness (QED) is 0.716. The first-order valence-electron chi connectivity index (χ1n) is 3.68. The van der Waals surface area contributed by atoms with E-state index in [0.29, 0.717) is 5.15 Å². The number of aryl methyl sites for hydroxylation is 1. The standard InChI is InChI=1S/C8H9ClN2O2/c1-5-2-6(3-7(9)11-5)4-10-8(12)13/h2-3,10H,4H2,1H3,(H,12,13). The maximum absolute atomic E-state index is 10.2. The molecule has 0 aromatic carbocycles. The average molecular weight is 201 g/mol. The van der Waals surface area contributed by atoms with Gasteiger partial charge in [-0.1, -0.05) is 11.6 Å². The third kappa shape index (κ3) is 3.29. The Morgan fingerprint density at radius 2 is 2.38 bits per heavy atom. The molecule has 0 aliphatic rings. The lowest BCUT2D eigenvalue weighted by Crippen LogP contribution is -2.19. The molecule has 0 spiro atoms. The maximum atomic E-state index is 10.2. The van der Waals surface area contributed by atoms with Crippen molar-refractivity contribution in [2.75, 3.05) is 0 Å². The molecule has 0 bridgehead atoms. The predicted octanol–water partition coefficient (Wildman–Crippen LogP) is 1.81. The van der Waals surface area contributed by atoms with Gasteiger partial charge in [-0.15, -0.1) is 0 Å². The van der Waals surface area contributed by atoms with Gasteiger partial charge in [0.2, 0.25) is 0 Å². The number of nitrogens with one attached hydrogen (secondary N) is 1. The molecule has 0 saturated carbocycles. The number of halogens is 1. The zero-order valence-corrected chi connectivity index (χ0v) is 7.80. The fraction of sp³-hybridized carbons (Fsp3) is 0.250. The first-order chi connectivity index (χ1) is 6.08. The molecular weight excluding hydrogens is 192 g/mol. The van der Waals surface area contributed by atoms with Crippen LogP contribution in [-0.2, 0) is 6.54 Å². The van der Waals surface area contributed by atoms with Gasteiger partial charge >= 0.3 is 6.09 Å². The Morgan fingerprint density at radius 1 is 1.69 bits per heavy atom. The fourth-order valence-corrected chi connectivity index (χ4v) is 1.25. The molecule has 1 heterocycles. The summed E-state index contributed by atoms with van der Waals surface area (Å²) >= 11 is 5.68. The van der Waals surface area contributed by atoms with Gasteiger partial charge < -0.3 is 10.4 Å². The third-order valence-electron chi connectivity index (χ3n) is 1.43. The summed E-state index contributed by atoms with van der Waals surface area (Å²) in [6.45, 7) is 2.05. The van der Waals surface area contributed by atoms with Crippen LogP contribution in [0.3, 0.4) is 0 Å². The summed E-state index contributed by atoms with van der Waals surface area (Å²) in [5.74, 6) is 0. The van der Waals surface area contributed by atoms with Crippen LogP contribution in [0.1, 0.15) is 11.3 Å². The highest BCUT2D eigenvalue weighted by Crippen LogP contribution is 2.09. The number of pyridine rings is 1. The lowest BCUT2D eigenvalue weighted by atomic mass is 10.2. The highest BCUT2D eigenvalue weighted by Gasteiger charge is 1.99. The van der Waals surface area contributed by atoms with Gasteiger partial charge in [0.05, 0.1) is 0 Å². The van der Waals surface area contributed by atoms with Crippen LogP contribution in [0, 0.1) is 6.92 Å². The van der Waals surface area contributed by atoms with E-state index < -0.39 is 6.09 Å². The van der Waals surface area contributed by atoms with Gasteiger partial charge in [-0.2, -0.15) is 0 Å². The van der Waals surface area contributed by atoms with E-state index in [1.807, 2.05) is 0 Å². The molecule has 13 heavy (non-hydrogen) atoms. The van der Waals surface area contributed by atoms with Gasteiger partial charge in [0.1, 0.15) is 5.15 Å². The van der Waals surface area contributed by atoms with E-state index in [-0.39, 0.29) is 6.54 Å². The Hall–Kier alpha value is -1.29. The van der Waals surface area contributed by atoms with Crippen LogP contribution in [0.15, 0.2) is 12.1 Å². The molecule has 70 valence electrons. The highest BCUT2D eigenvalue weighted by atomic mass is 35.5. The van der Waals surface area contributed by atoms with Crippen LogP contribution in [-0.4, -0.2) is 16.2 Å². The van der Waals surface area contributed by atoms with Crippen molar-refractivity contribution in [3.05, 3.63) is 28.5 Å². The van der Waals surface area contributed by atoms with Crippen molar-refractivity contribution in [3.8, 4) is 0 Å². The maximum Gasteiger partial charge on any atom is 0.404 e. The number of hydrogen-bond acceptors (Lipinski definition) is 2. The lowest BCUT2D eigenvalue weighted by Gasteiger charge is -2.02. The van der Waals surface area contributed by atoms with Crippen LogP contribution >= 0.6 is 11.6 Å². The summed E-state index contributed by atoms with van der Waals surface area (Å²) < 4.78 is 0. The Bertz CT molecular complexity index is 308. The van der Waals surface area contributed by atoms with Gasteiger partial charge in [-0.25, -0.2) is 9.78 Å². The van der Waals surface area contributed by atoms with Crippen LogP contribution in [0.2, 0.25) is 5.15 Å². The number of hydrogen-bond donors (Lipinski definition) is 2. The summed E-state index contributed by atoms with van der Waals surface area (Å²) in [5, 5.41) is 11.0. The third-order valence-corrected chi connectivity index (χ3v) is 1.62. The monoisotopic (exact) mass is 200 g/mol. The van der Waals surface area contributed by atoms with Crippen molar-refractivity contribution in [2.24, 2.45) is 0 Å². The second-order valence-electron chi connectivity index (χ2n) is 2.60. The summed E-state index contributed by atoms with van der Waals surface area (Å²) in [4.78, 5) is 14.1. The van der Waals surface area contributed by atoms with E-state index in [1.165, 1.54) is 0 Å². The van der Waals surface area contributed by atoms with Crippen molar-refractivity contribution >= 4 is 17.7 Å². The second-order valence-corrected chi connectivity index (χ2v) is 2.99. The van der Waals surface area contributed by atoms with Gasteiger partial charge in [0.25, 0.3) is 0 Å². The molecule has 5 heteroatoms. The van der Waals surface area contributed by atoms with Crippen LogP contribution in [0.5, 0.6) is 0 Å². The Balaban J connectivity index is 2.71. The van der Waals surface area contributed by atoms with Crippen LogP contribution < -0.4 is 5.32 Å². The number of nitrogens with zero attached hydrogens (tertiary/aromatic N) is 1. The topological polar surface area (TPSA) is 62.2 Å². The molecule has 4 nitrogen and oxygen atoms in total. The fourth-order valence-electron chi connectivity index (χ4n) is 0.976. The minimum Gasteiger partial charge on any atom is -0.465 e. The van der Waals surface area contributed by atoms with E-state index in [4.69, 9.17) is 16.7 Å². The summed E-state index contributed by atoms with van der Waals surface area (Å²) in [6.07, 6.45) is -1.05. The molecule has 1 amide bonds. The molecule has 1 aromatic rings. The van der Waals surface area contributed by atoms with E-state index in [0.717, 1.165) is 11.3 Å². The molecule has 0 aliphatic carbocycles. The zero-order chi connectivity index (χ0) is 9.84. The normalized spacial score (nSPS) is 9.69. The Labute approximate surface area is 80.6 Å². The molecule has 0 atom stereocenters. The predicted molar refractivity (Wildman–Crippen MR) is 48.8 cm³/mol. The van der Waals surface area contributed by atoms with E-state index in [2.05, 4.69) is 10.3 Å². The first kappa shape index (κ1) is 9.80. The SMILES string of the molecule is Cc1cc(CNC(=O)O)cc(Cl)n1. The summed E-state index contributed by atoms with van der Waals surface area (Å²) in [6, 6.07) is 3.41. The molecule has 1 rings (SSSR count). The van der Waals surface area contributed by atoms with Crippen LogP contribution in [0.25, 0.3) is 0 Å². The van der Waals surface area contributed by atoms with Gasteiger partial charge in [0, 0.05) is 12.2 Å². The molecule has 0 aliphatic heterocycles. The second kappa shape index (κ2) is 4.09. The van der Waals surface area contributed by atoms with Gasteiger partial charge in [0.15, 0.2) is 0 Å². The largest absolute Gasteiger partial charge is 0.465 e. The van der Waals surface area contributed by atoms with Crippen molar-refractivity contribution in [2.45, 2.75) is 13.5 Å². The minimum atomic E-state index is -1.05. The summed E-state index contributed by atoms with van der Waals surface area (Å²) in [7, 11) is 0. The Kier molecular flexibility index (Phi) is 3.08. The Morgan fingerprint density at radius 3 is 2.92 bits per heavy atom. The molecular formula is C8H9ClN2O2. The van der Waals surface area contributed by atoms with Gasteiger partial charge in [-0.3, -0.25) is 0 Å². The van der Waals surface area contributed by atoms with Crippen molar-refractivity contribution in [1.82, 2.24) is 10.3 Å². The minimum absolute atomic E-state index is 0.248.